The lowest BCUT2D eigenvalue weighted by Gasteiger charge is -2.27. The summed E-state index contributed by atoms with van der Waals surface area (Å²) in [5.41, 5.74) is -1.69. The summed E-state index contributed by atoms with van der Waals surface area (Å²) in [6.45, 7) is 0. The van der Waals surface area contributed by atoms with E-state index in [0.29, 0.717) is 6.42 Å². The Kier molecular flexibility index (Phi) is 1.33. The minimum atomic E-state index is -0.969. The maximum absolute atomic E-state index is 11.3. The highest BCUT2D eigenvalue weighted by Crippen LogP contribution is 2.82. The Hall–Kier alpha value is -1.10. The first-order valence-corrected chi connectivity index (χ1v) is 5.17. The number of likely N-dealkylation sites (N-methyl/N-ethyl adjacent to an activating group) is 1. The average Bonchev–Trinajstić information content (AvgIpc) is 2.55. The molecule has 5 heteroatoms. The number of rotatable bonds is 3. The molecule has 0 spiro atoms. The van der Waals surface area contributed by atoms with E-state index in [2.05, 4.69) is 5.32 Å². The van der Waals surface area contributed by atoms with E-state index in [1.807, 2.05) is 0 Å². The third-order valence-electron chi connectivity index (χ3n) is 4.93. The van der Waals surface area contributed by atoms with Crippen LogP contribution in [-0.2, 0) is 9.59 Å². The van der Waals surface area contributed by atoms with Gasteiger partial charge in [0.15, 0.2) is 0 Å². The summed E-state index contributed by atoms with van der Waals surface area (Å²) in [7, 11) is 1.62. The molecular formula is C10H13NO4. The molecule has 0 radical (unpaired) electrons. The van der Waals surface area contributed by atoms with Gasteiger partial charge in [-0.3, -0.25) is 9.59 Å². The van der Waals surface area contributed by atoms with Crippen LogP contribution >= 0.6 is 0 Å². The first-order chi connectivity index (χ1) is 7.01. The fourth-order valence-electron chi connectivity index (χ4n) is 4.42. The van der Waals surface area contributed by atoms with Crippen LogP contribution in [0.2, 0.25) is 0 Å². The minimum Gasteiger partial charge on any atom is -0.481 e. The van der Waals surface area contributed by atoms with Crippen molar-refractivity contribution in [3.05, 3.63) is 0 Å². The highest BCUT2D eigenvalue weighted by molar-refractivity contribution is 5.90. The van der Waals surface area contributed by atoms with Crippen LogP contribution in [0.25, 0.3) is 0 Å². The van der Waals surface area contributed by atoms with Crippen molar-refractivity contribution < 1.29 is 19.8 Å². The molecule has 0 aromatic carbocycles. The van der Waals surface area contributed by atoms with Gasteiger partial charge in [-0.25, -0.2) is 0 Å². The van der Waals surface area contributed by atoms with Crippen molar-refractivity contribution in [1.82, 2.24) is 5.32 Å². The second-order valence-corrected chi connectivity index (χ2v) is 4.99. The maximum atomic E-state index is 11.3. The molecule has 5 atom stereocenters. The van der Waals surface area contributed by atoms with E-state index in [-0.39, 0.29) is 17.8 Å². The van der Waals surface area contributed by atoms with Gasteiger partial charge in [0, 0.05) is 5.92 Å². The smallest absolute Gasteiger partial charge is 0.324 e. The molecule has 4 saturated carbocycles. The van der Waals surface area contributed by atoms with E-state index in [4.69, 9.17) is 0 Å². The molecule has 0 aromatic heterocycles. The fraction of sp³-hybridized carbons (Fsp3) is 0.800. The molecular weight excluding hydrogens is 198 g/mol. The highest BCUT2D eigenvalue weighted by atomic mass is 16.4. The Morgan fingerprint density at radius 3 is 2.27 bits per heavy atom. The van der Waals surface area contributed by atoms with Crippen LogP contribution < -0.4 is 5.32 Å². The third-order valence-corrected chi connectivity index (χ3v) is 4.93. The van der Waals surface area contributed by atoms with Gasteiger partial charge in [0.1, 0.15) is 5.54 Å². The number of carboxylic acids is 2. The number of carbonyl (C=O) groups is 2. The van der Waals surface area contributed by atoms with Crippen LogP contribution in [-0.4, -0.2) is 34.7 Å². The van der Waals surface area contributed by atoms with Gasteiger partial charge >= 0.3 is 11.9 Å². The quantitative estimate of drug-likeness (QED) is 0.600. The molecule has 5 unspecified atom stereocenters. The molecule has 4 aliphatic carbocycles. The Morgan fingerprint density at radius 1 is 1.33 bits per heavy atom. The predicted molar refractivity (Wildman–Crippen MR) is 49.2 cm³/mol. The zero-order valence-electron chi connectivity index (χ0n) is 8.36. The van der Waals surface area contributed by atoms with E-state index >= 15 is 0 Å². The topological polar surface area (TPSA) is 86.6 Å². The molecule has 4 aliphatic rings. The molecule has 15 heavy (non-hydrogen) atoms. The van der Waals surface area contributed by atoms with Crippen molar-refractivity contribution in [2.45, 2.75) is 18.4 Å². The summed E-state index contributed by atoms with van der Waals surface area (Å²) in [6.07, 6.45) is 1.29. The summed E-state index contributed by atoms with van der Waals surface area (Å²) in [6, 6.07) is 0. The Morgan fingerprint density at radius 2 is 2.00 bits per heavy atom. The van der Waals surface area contributed by atoms with E-state index in [1.54, 1.807) is 7.05 Å². The maximum Gasteiger partial charge on any atom is 0.324 e. The molecule has 5 nitrogen and oxygen atoms in total. The Bertz CT molecular complexity index is 382. The van der Waals surface area contributed by atoms with Crippen molar-refractivity contribution in [1.29, 1.82) is 0 Å². The SMILES string of the molecule is CNC1(C(=O)O)C2CC3C1C3(C(=O)O)C2. The van der Waals surface area contributed by atoms with Crippen LogP contribution in [0, 0.1) is 23.2 Å². The minimum absolute atomic E-state index is 0.00824. The molecule has 4 bridgehead atoms. The second-order valence-electron chi connectivity index (χ2n) is 4.99. The number of hydrogen-bond acceptors (Lipinski definition) is 3. The Labute approximate surface area is 86.5 Å². The number of hydrogen-bond donors (Lipinski definition) is 3. The van der Waals surface area contributed by atoms with Crippen molar-refractivity contribution in [3.63, 3.8) is 0 Å². The van der Waals surface area contributed by atoms with Gasteiger partial charge < -0.3 is 15.5 Å². The molecule has 82 valence electrons. The van der Waals surface area contributed by atoms with Gasteiger partial charge in [-0.1, -0.05) is 0 Å². The van der Waals surface area contributed by atoms with Gasteiger partial charge in [-0.2, -0.15) is 0 Å². The average molecular weight is 211 g/mol. The van der Waals surface area contributed by atoms with Crippen LogP contribution in [0.15, 0.2) is 0 Å². The van der Waals surface area contributed by atoms with Crippen LogP contribution in [0.3, 0.4) is 0 Å². The lowest BCUT2D eigenvalue weighted by Crippen LogP contribution is -2.53. The van der Waals surface area contributed by atoms with Crippen molar-refractivity contribution in [3.8, 4) is 0 Å². The summed E-state index contributed by atoms with van der Waals surface area (Å²) in [4.78, 5) is 22.5. The van der Waals surface area contributed by atoms with E-state index in [1.165, 1.54) is 0 Å². The molecule has 4 rings (SSSR count). The van der Waals surface area contributed by atoms with Crippen LogP contribution in [0.5, 0.6) is 0 Å². The van der Waals surface area contributed by atoms with Gasteiger partial charge in [-0.05, 0) is 31.7 Å². The first-order valence-electron chi connectivity index (χ1n) is 5.17. The van der Waals surface area contributed by atoms with E-state index in [9.17, 15) is 19.8 Å². The molecule has 4 fully saturated rings. The van der Waals surface area contributed by atoms with Crippen molar-refractivity contribution in [2.24, 2.45) is 23.2 Å². The second kappa shape index (κ2) is 2.19. The predicted octanol–water partition coefficient (Wildman–Crippen LogP) is -0.230. The molecule has 3 N–H and O–H groups in total. The molecule has 0 aliphatic heterocycles. The largest absolute Gasteiger partial charge is 0.481 e. The van der Waals surface area contributed by atoms with Gasteiger partial charge in [0.25, 0.3) is 0 Å². The molecule has 0 heterocycles. The summed E-state index contributed by atoms with van der Waals surface area (Å²) >= 11 is 0. The van der Waals surface area contributed by atoms with E-state index in [0.717, 1.165) is 6.42 Å². The van der Waals surface area contributed by atoms with E-state index < -0.39 is 22.9 Å². The third kappa shape index (κ3) is 0.641. The first kappa shape index (κ1) is 9.15. The fourth-order valence-corrected chi connectivity index (χ4v) is 4.42. The summed E-state index contributed by atoms with van der Waals surface area (Å²) in [5.74, 6) is -1.81. The summed E-state index contributed by atoms with van der Waals surface area (Å²) < 4.78 is 0. The number of aliphatic carboxylic acids is 2. The van der Waals surface area contributed by atoms with Crippen LogP contribution in [0.1, 0.15) is 12.8 Å². The van der Waals surface area contributed by atoms with Gasteiger partial charge in [0.2, 0.25) is 0 Å². The standard InChI is InChI=1S/C10H13NO4/c1-11-10(8(14)15)4-2-5-6(10)9(5,3-4)7(12)13/h4-6,11H,2-3H2,1H3,(H,12,13)(H,14,15). The molecule has 0 saturated heterocycles. The number of carboxylic acid groups (broad SMARTS) is 2. The zero-order chi connectivity index (χ0) is 11.0. The lowest BCUT2D eigenvalue weighted by atomic mass is 9.88. The van der Waals surface area contributed by atoms with Gasteiger partial charge in [-0.15, -0.1) is 0 Å². The highest BCUT2D eigenvalue weighted by Gasteiger charge is 2.89. The monoisotopic (exact) mass is 211 g/mol. The van der Waals surface area contributed by atoms with Crippen molar-refractivity contribution >= 4 is 11.9 Å². The zero-order valence-corrected chi connectivity index (χ0v) is 8.36. The van der Waals surface area contributed by atoms with Gasteiger partial charge in [0.05, 0.1) is 5.41 Å². The molecule has 0 amide bonds. The number of nitrogens with one attached hydrogen (secondary N) is 1. The van der Waals surface area contributed by atoms with Crippen LogP contribution in [0.4, 0.5) is 0 Å². The van der Waals surface area contributed by atoms with Crippen molar-refractivity contribution in [2.75, 3.05) is 7.05 Å². The lowest BCUT2D eigenvalue weighted by molar-refractivity contribution is -0.146. The normalized spacial score (nSPS) is 54.3. The Balaban J connectivity index is 2.07. The summed E-state index contributed by atoms with van der Waals surface area (Å²) in [5, 5.41) is 21.4. The molecule has 0 aromatic rings.